The van der Waals surface area contributed by atoms with Crippen LogP contribution in [0, 0.1) is 5.82 Å². The minimum Gasteiger partial charge on any atom is -0.298 e. The average Bonchev–Trinajstić information content (AvgIpc) is 2.87. The molecule has 0 bridgehead atoms. The summed E-state index contributed by atoms with van der Waals surface area (Å²) in [5.41, 5.74) is 0.872. The zero-order chi connectivity index (χ0) is 15.7. The van der Waals surface area contributed by atoms with Gasteiger partial charge in [0, 0.05) is 24.4 Å². The van der Waals surface area contributed by atoms with Crippen LogP contribution >= 0.6 is 22.9 Å². The zero-order valence-electron chi connectivity index (χ0n) is 12.0. The highest BCUT2D eigenvalue weighted by Gasteiger charge is 2.22. The summed E-state index contributed by atoms with van der Waals surface area (Å²) in [7, 11) is 0. The van der Waals surface area contributed by atoms with E-state index in [1.165, 1.54) is 29.5 Å². The first kappa shape index (κ1) is 15.4. The summed E-state index contributed by atoms with van der Waals surface area (Å²) >= 11 is 7.34. The van der Waals surface area contributed by atoms with Crippen LogP contribution in [0.3, 0.4) is 0 Å². The summed E-state index contributed by atoms with van der Waals surface area (Å²) < 4.78 is 13.8. The molecule has 116 valence electrons. The number of carbonyl (C=O) groups is 1. The first-order valence-corrected chi connectivity index (χ1v) is 8.24. The van der Waals surface area contributed by atoms with Gasteiger partial charge in [-0.1, -0.05) is 24.6 Å². The predicted octanol–water partition coefficient (Wildman–Crippen LogP) is 3.57. The van der Waals surface area contributed by atoms with E-state index in [-0.39, 0.29) is 10.6 Å². The van der Waals surface area contributed by atoms with E-state index in [1.807, 2.05) is 0 Å². The van der Waals surface area contributed by atoms with Crippen molar-refractivity contribution >= 4 is 34.0 Å². The van der Waals surface area contributed by atoms with Crippen LogP contribution in [0.15, 0.2) is 18.2 Å². The number of thiazole rings is 1. The number of benzene rings is 1. The van der Waals surface area contributed by atoms with E-state index in [9.17, 15) is 9.18 Å². The smallest absolute Gasteiger partial charge is 0.261 e. The lowest BCUT2D eigenvalue weighted by Gasteiger charge is -2.23. The molecule has 0 saturated carbocycles. The quantitative estimate of drug-likeness (QED) is 0.929. The van der Waals surface area contributed by atoms with Crippen molar-refractivity contribution in [2.24, 2.45) is 0 Å². The molecular weight excluding hydrogens is 325 g/mol. The van der Waals surface area contributed by atoms with Crippen LogP contribution in [0.2, 0.25) is 5.02 Å². The number of aromatic nitrogens is 1. The van der Waals surface area contributed by atoms with Crippen molar-refractivity contribution in [2.45, 2.75) is 19.9 Å². The summed E-state index contributed by atoms with van der Waals surface area (Å²) in [4.78, 5) is 20.1. The van der Waals surface area contributed by atoms with Gasteiger partial charge in [-0.2, -0.15) is 0 Å². The fourth-order valence-electron chi connectivity index (χ4n) is 2.45. The minimum absolute atomic E-state index is 0.0935. The van der Waals surface area contributed by atoms with Gasteiger partial charge in [0.05, 0.1) is 16.3 Å². The third-order valence-electron chi connectivity index (χ3n) is 3.67. The number of rotatable bonds is 3. The van der Waals surface area contributed by atoms with Crippen LogP contribution < -0.4 is 5.32 Å². The van der Waals surface area contributed by atoms with Crippen LogP contribution in [0.5, 0.6) is 0 Å². The van der Waals surface area contributed by atoms with Crippen molar-refractivity contribution in [1.29, 1.82) is 0 Å². The van der Waals surface area contributed by atoms with Gasteiger partial charge in [-0.05, 0) is 18.7 Å². The molecule has 0 atom stereocenters. The second-order valence-corrected chi connectivity index (χ2v) is 6.55. The van der Waals surface area contributed by atoms with Crippen LogP contribution in [0.1, 0.15) is 27.9 Å². The molecule has 2 heterocycles. The SMILES string of the molecule is CCN1CCc2nc(NC(=O)c3c(F)cccc3Cl)sc2C1. The molecule has 1 aromatic carbocycles. The van der Waals surface area contributed by atoms with Crippen molar-refractivity contribution in [2.75, 3.05) is 18.4 Å². The highest BCUT2D eigenvalue weighted by Crippen LogP contribution is 2.29. The van der Waals surface area contributed by atoms with Gasteiger partial charge in [0.1, 0.15) is 5.82 Å². The van der Waals surface area contributed by atoms with Crippen LogP contribution in [0.25, 0.3) is 0 Å². The maximum Gasteiger partial charge on any atom is 0.261 e. The Morgan fingerprint density at radius 3 is 3.09 bits per heavy atom. The van der Waals surface area contributed by atoms with Crippen LogP contribution in [-0.4, -0.2) is 28.9 Å². The molecule has 1 aromatic heterocycles. The predicted molar refractivity (Wildman–Crippen MR) is 86.1 cm³/mol. The fraction of sp³-hybridized carbons (Fsp3) is 0.333. The molecule has 1 amide bonds. The van der Waals surface area contributed by atoms with E-state index >= 15 is 0 Å². The van der Waals surface area contributed by atoms with Gasteiger partial charge in [0.15, 0.2) is 5.13 Å². The number of nitrogens with zero attached hydrogens (tertiary/aromatic N) is 2. The fourth-order valence-corrected chi connectivity index (χ4v) is 3.74. The average molecular weight is 340 g/mol. The van der Waals surface area contributed by atoms with Crippen molar-refractivity contribution in [3.8, 4) is 0 Å². The maximum absolute atomic E-state index is 13.8. The lowest BCUT2D eigenvalue weighted by molar-refractivity contribution is 0.102. The van der Waals surface area contributed by atoms with E-state index in [2.05, 4.69) is 22.1 Å². The molecule has 4 nitrogen and oxygen atoms in total. The third kappa shape index (κ3) is 2.99. The molecule has 22 heavy (non-hydrogen) atoms. The number of hydrogen-bond donors (Lipinski definition) is 1. The third-order valence-corrected chi connectivity index (χ3v) is 4.98. The summed E-state index contributed by atoms with van der Waals surface area (Å²) in [6.07, 6.45) is 0.871. The number of nitrogens with one attached hydrogen (secondary N) is 1. The zero-order valence-corrected chi connectivity index (χ0v) is 13.6. The Balaban J connectivity index is 1.80. The van der Waals surface area contributed by atoms with E-state index < -0.39 is 11.7 Å². The van der Waals surface area contributed by atoms with Gasteiger partial charge in [-0.3, -0.25) is 15.0 Å². The molecule has 0 spiro atoms. The van der Waals surface area contributed by atoms with Crippen molar-refractivity contribution in [3.05, 3.63) is 45.2 Å². The second-order valence-electron chi connectivity index (χ2n) is 5.06. The van der Waals surface area contributed by atoms with Gasteiger partial charge >= 0.3 is 0 Å². The van der Waals surface area contributed by atoms with Gasteiger partial charge in [-0.15, -0.1) is 11.3 Å². The Hall–Kier alpha value is -1.50. The Bertz CT molecular complexity index is 699. The van der Waals surface area contributed by atoms with E-state index in [4.69, 9.17) is 11.6 Å². The molecule has 0 saturated heterocycles. The Morgan fingerprint density at radius 1 is 1.55 bits per heavy atom. The molecule has 2 aromatic rings. The lowest BCUT2D eigenvalue weighted by Crippen LogP contribution is -2.29. The topological polar surface area (TPSA) is 45.2 Å². The minimum atomic E-state index is -0.636. The lowest BCUT2D eigenvalue weighted by atomic mass is 10.2. The van der Waals surface area contributed by atoms with Gasteiger partial charge < -0.3 is 0 Å². The standard InChI is InChI=1S/C15H15ClFN3OS/c1-2-20-7-6-11-12(8-20)22-15(18-11)19-14(21)13-9(16)4-3-5-10(13)17/h3-5H,2,6-8H2,1H3,(H,18,19,21). The Labute approximate surface area is 136 Å². The number of fused-ring (bicyclic) bond motifs is 1. The monoisotopic (exact) mass is 339 g/mol. The van der Waals surface area contributed by atoms with Gasteiger partial charge in [-0.25, -0.2) is 9.37 Å². The number of amides is 1. The molecule has 1 aliphatic heterocycles. The molecule has 0 fully saturated rings. The number of carbonyl (C=O) groups excluding carboxylic acids is 1. The van der Waals surface area contributed by atoms with Gasteiger partial charge in [0.2, 0.25) is 0 Å². The highest BCUT2D eigenvalue weighted by atomic mass is 35.5. The molecule has 7 heteroatoms. The first-order valence-electron chi connectivity index (χ1n) is 7.04. The van der Waals surface area contributed by atoms with Crippen molar-refractivity contribution < 1.29 is 9.18 Å². The first-order chi connectivity index (χ1) is 10.6. The number of hydrogen-bond acceptors (Lipinski definition) is 4. The van der Waals surface area contributed by atoms with E-state index in [0.29, 0.717) is 5.13 Å². The summed E-state index contributed by atoms with van der Waals surface area (Å²) in [6.45, 7) is 4.93. The maximum atomic E-state index is 13.8. The Morgan fingerprint density at radius 2 is 2.36 bits per heavy atom. The van der Waals surface area contributed by atoms with Crippen LogP contribution in [0.4, 0.5) is 9.52 Å². The molecule has 0 unspecified atom stereocenters. The normalized spacial score (nSPS) is 14.7. The van der Waals surface area contributed by atoms with E-state index in [0.717, 1.165) is 36.6 Å². The largest absolute Gasteiger partial charge is 0.298 e. The summed E-state index contributed by atoms with van der Waals surface area (Å²) in [5, 5.41) is 3.24. The number of halogens is 2. The van der Waals surface area contributed by atoms with Crippen molar-refractivity contribution in [1.82, 2.24) is 9.88 Å². The summed E-state index contributed by atoms with van der Waals surface area (Å²) in [6, 6.07) is 4.17. The molecular formula is C15H15ClFN3OS. The Kier molecular flexibility index (Phi) is 4.42. The molecule has 1 aliphatic rings. The van der Waals surface area contributed by atoms with E-state index in [1.54, 1.807) is 0 Å². The van der Waals surface area contributed by atoms with Gasteiger partial charge in [0.25, 0.3) is 5.91 Å². The number of likely N-dealkylation sites (N-methyl/N-ethyl adjacent to an activating group) is 1. The molecule has 3 rings (SSSR count). The molecule has 0 aliphatic carbocycles. The summed E-state index contributed by atoms with van der Waals surface area (Å²) in [5.74, 6) is -1.20. The van der Waals surface area contributed by atoms with Crippen molar-refractivity contribution in [3.63, 3.8) is 0 Å². The second kappa shape index (κ2) is 6.32. The molecule has 0 radical (unpaired) electrons. The molecule has 1 N–H and O–H groups in total. The van der Waals surface area contributed by atoms with Crippen LogP contribution in [-0.2, 0) is 13.0 Å². The number of anilines is 1. The highest BCUT2D eigenvalue weighted by molar-refractivity contribution is 7.15.